The lowest BCUT2D eigenvalue weighted by Gasteiger charge is -2.18. The van der Waals surface area contributed by atoms with E-state index in [4.69, 9.17) is 11.6 Å². The molecule has 6 nitrogen and oxygen atoms in total. The summed E-state index contributed by atoms with van der Waals surface area (Å²) < 4.78 is 39.5. The molecule has 2 aromatic carbocycles. The number of nitrogens with one attached hydrogen (secondary N) is 1. The topological polar surface area (TPSA) is 75.5 Å². The molecule has 0 radical (unpaired) electrons. The minimum Gasteiger partial charge on any atom is -0.366 e. The van der Waals surface area contributed by atoms with E-state index in [1.165, 1.54) is 18.2 Å². The van der Waals surface area contributed by atoms with Crippen molar-refractivity contribution in [2.75, 3.05) is 23.3 Å². The average Bonchev–Trinajstić information content (AvgIpc) is 3.16. The fourth-order valence-corrected chi connectivity index (χ4v) is 3.26. The van der Waals surface area contributed by atoms with Crippen LogP contribution in [0, 0.1) is 10.1 Å². The highest BCUT2D eigenvalue weighted by atomic mass is 35.5. The first-order chi connectivity index (χ1) is 13.2. The molecule has 0 saturated carbocycles. The Balaban J connectivity index is 1.91. The second kappa shape index (κ2) is 7.67. The van der Waals surface area contributed by atoms with E-state index in [2.05, 4.69) is 5.32 Å². The summed E-state index contributed by atoms with van der Waals surface area (Å²) in [6, 6.07) is 6.84. The number of carbonyl (C=O) groups excluding carboxylic acids is 1. The van der Waals surface area contributed by atoms with Crippen LogP contribution in [0.2, 0.25) is 5.02 Å². The summed E-state index contributed by atoms with van der Waals surface area (Å²) in [5.74, 6) is -0.885. The maximum absolute atomic E-state index is 13.2. The van der Waals surface area contributed by atoms with Gasteiger partial charge >= 0.3 is 6.18 Å². The molecule has 1 saturated heterocycles. The Kier molecular flexibility index (Phi) is 5.46. The second-order valence-electron chi connectivity index (χ2n) is 6.30. The fraction of sp³-hybridized carbons (Fsp3) is 0.278. The molecule has 1 aliphatic heterocycles. The number of hydrogen-bond acceptors (Lipinski definition) is 4. The van der Waals surface area contributed by atoms with Crippen molar-refractivity contribution in [3.8, 4) is 0 Å². The van der Waals surface area contributed by atoms with E-state index in [1.54, 1.807) is 0 Å². The molecule has 0 bridgehead atoms. The molecule has 1 amide bonds. The van der Waals surface area contributed by atoms with Gasteiger partial charge in [-0.05, 0) is 43.2 Å². The molecule has 0 aromatic heterocycles. The number of nitro benzene ring substituents is 1. The molecule has 0 unspecified atom stereocenters. The lowest BCUT2D eigenvalue weighted by molar-refractivity contribution is -0.384. The fourth-order valence-electron chi connectivity index (χ4n) is 3.09. The number of anilines is 2. The number of halogens is 4. The van der Waals surface area contributed by atoms with Gasteiger partial charge in [-0.25, -0.2) is 0 Å². The first-order valence-corrected chi connectivity index (χ1v) is 8.76. The Labute approximate surface area is 163 Å². The van der Waals surface area contributed by atoms with Crippen molar-refractivity contribution in [1.29, 1.82) is 0 Å². The maximum atomic E-state index is 13.2. The van der Waals surface area contributed by atoms with E-state index < -0.39 is 28.3 Å². The van der Waals surface area contributed by atoms with Crippen molar-refractivity contribution in [3.63, 3.8) is 0 Å². The third-order valence-corrected chi connectivity index (χ3v) is 4.65. The summed E-state index contributed by atoms with van der Waals surface area (Å²) in [6.45, 7) is 1.35. The van der Waals surface area contributed by atoms with Gasteiger partial charge in [-0.2, -0.15) is 13.2 Å². The van der Waals surface area contributed by atoms with Crippen molar-refractivity contribution < 1.29 is 22.9 Å². The van der Waals surface area contributed by atoms with E-state index in [0.29, 0.717) is 24.8 Å². The molecule has 3 rings (SSSR count). The van der Waals surface area contributed by atoms with Crippen molar-refractivity contribution in [2.45, 2.75) is 19.0 Å². The minimum absolute atomic E-state index is 0.113. The maximum Gasteiger partial charge on any atom is 0.418 e. The summed E-state index contributed by atoms with van der Waals surface area (Å²) in [6.07, 6.45) is -2.90. The minimum atomic E-state index is -4.72. The molecular formula is C18H15ClF3N3O3. The van der Waals surface area contributed by atoms with E-state index in [1.807, 2.05) is 4.90 Å². The van der Waals surface area contributed by atoms with Crippen LogP contribution in [0.1, 0.15) is 28.8 Å². The van der Waals surface area contributed by atoms with Gasteiger partial charge in [0.1, 0.15) is 5.69 Å². The number of amides is 1. The molecule has 1 fully saturated rings. The van der Waals surface area contributed by atoms with Gasteiger partial charge in [0.25, 0.3) is 11.6 Å². The van der Waals surface area contributed by atoms with Gasteiger partial charge in [0, 0.05) is 29.7 Å². The van der Waals surface area contributed by atoms with Crippen molar-refractivity contribution in [2.24, 2.45) is 0 Å². The Morgan fingerprint density at radius 2 is 1.82 bits per heavy atom. The van der Waals surface area contributed by atoms with Gasteiger partial charge in [-0.3, -0.25) is 14.9 Å². The molecule has 10 heteroatoms. The number of hydrogen-bond donors (Lipinski definition) is 1. The van der Waals surface area contributed by atoms with Crippen LogP contribution in [0.5, 0.6) is 0 Å². The first kappa shape index (κ1) is 19.9. The van der Waals surface area contributed by atoms with Crippen LogP contribution in [-0.4, -0.2) is 23.9 Å². The molecule has 1 N–H and O–H groups in total. The van der Waals surface area contributed by atoms with Crippen LogP contribution in [0.4, 0.5) is 30.2 Å². The van der Waals surface area contributed by atoms with E-state index in [-0.39, 0.29) is 16.3 Å². The molecule has 1 heterocycles. The monoisotopic (exact) mass is 413 g/mol. The summed E-state index contributed by atoms with van der Waals surface area (Å²) in [5.41, 5.74) is -1.56. The number of benzene rings is 2. The molecule has 0 aliphatic carbocycles. The smallest absolute Gasteiger partial charge is 0.366 e. The van der Waals surface area contributed by atoms with Crippen LogP contribution < -0.4 is 10.2 Å². The zero-order chi connectivity index (χ0) is 20.5. The second-order valence-corrected chi connectivity index (χ2v) is 6.73. The Morgan fingerprint density at radius 1 is 1.14 bits per heavy atom. The molecule has 0 atom stereocenters. The van der Waals surface area contributed by atoms with Gasteiger partial charge in [-0.15, -0.1) is 0 Å². The van der Waals surface area contributed by atoms with Crippen LogP contribution in [-0.2, 0) is 6.18 Å². The largest absolute Gasteiger partial charge is 0.418 e. The third-order valence-electron chi connectivity index (χ3n) is 4.42. The zero-order valence-corrected chi connectivity index (χ0v) is 15.2. The molecule has 28 heavy (non-hydrogen) atoms. The lowest BCUT2D eigenvalue weighted by atomic mass is 10.1. The average molecular weight is 414 g/mol. The molecular weight excluding hydrogens is 399 g/mol. The Bertz CT molecular complexity index is 928. The van der Waals surface area contributed by atoms with Crippen molar-refractivity contribution in [3.05, 3.63) is 62.7 Å². The van der Waals surface area contributed by atoms with Crippen LogP contribution in [0.25, 0.3) is 0 Å². The predicted molar refractivity (Wildman–Crippen MR) is 99.0 cm³/mol. The van der Waals surface area contributed by atoms with Gasteiger partial charge in [0.2, 0.25) is 0 Å². The summed E-state index contributed by atoms with van der Waals surface area (Å²) in [5, 5.41) is 13.5. The number of nitrogens with zero attached hydrogens (tertiary/aromatic N) is 2. The van der Waals surface area contributed by atoms with Crippen molar-refractivity contribution in [1.82, 2.24) is 0 Å². The number of nitro groups is 1. The molecule has 2 aromatic rings. The molecule has 1 aliphatic rings. The number of alkyl halides is 3. The van der Waals surface area contributed by atoms with Crippen molar-refractivity contribution >= 4 is 34.6 Å². The third kappa shape index (κ3) is 4.19. The summed E-state index contributed by atoms with van der Waals surface area (Å²) in [4.78, 5) is 25.1. The van der Waals surface area contributed by atoms with Gasteiger partial charge in [0.15, 0.2) is 0 Å². The quantitative estimate of drug-likeness (QED) is 0.557. The van der Waals surface area contributed by atoms with Gasteiger partial charge in [-0.1, -0.05) is 11.6 Å². The summed E-state index contributed by atoms with van der Waals surface area (Å²) in [7, 11) is 0. The van der Waals surface area contributed by atoms with Crippen LogP contribution in [0.3, 0.4) is 0 Å². The zero-order valence-electron chi connectivity index (χ0n) is 14.4. The standard InChI is InChI=1S/C18H15ClF3N3O3/c19-12-4-5-14(13(10-12)18(20,21)22)23-17(26)11-3-6-15(16(9-11)25(27)28)24-7-1-2-8-24/h3-6,9-10H,1-2,7-8H2,(H,23,26). The Morgan fingerprint density at radius 3 is 2.43 bits per heavy atom. The van der Waals surface area contributed by atoms with Crippen LogP contribution >= 0.6 is 11.6 Å². The SMILES string of the molecule is O=C(Nc1ccc(Cl)cc1C(F)(F)F)c1ccc(N2CCCC2)c([N+](=O)[O-])c1. The normalized spacial score (nSPS) is 14.2. The Hall–Kier alpha value is -2.81. The first-order valence-electron chi connectivity index (χ1n) is 8.38. The highest BCUT2D eigenvalue weighted by Gasteiger charge is 2.34. The van der Waals surface area contributed by atoms with Gasteiger partial charge in [0.05, 0.1) is 16.2 Å². The number of rotatable bonds is 4. The van der Waals surface area contributed by atoms with E-state index in [0.717, 1.165) is 25.0 Å². The van der Waals surface area contributed by atoms with Gasteiger partial charge < -0.3 is 10.2 Å². The highest BCUT2D eigenvalue weighted by Crippen LogP contribution is 2.37. The predicted octanol–water partition coefficient (Wildman–Crippen LogP) is 5.12. The van der Waals surface area contributed by atoms with E-state index in [9.17, 15) is 28.1 Å². The molecule has 148 valence electrons. The molecule has 0 spiro atoms. The van der Waals surface area contributed by atoms with Crippen LogP contribution in [0.15, 0.2) is 36.4 Å². The number of carbonyl (C=O) groups is 1. The lowest BCUT2D eigenvalue weighted by Crippen LogP contribution is -2.20. The summed E-state index contributed by atoms with van der Waals surface area (Å²) >= 11 is 5.62. The van der Waals surface area contributed by atoms with E-state index >= 15 is 0 Å². The highest BCUT2D eigenvalue weighted by molar-refractivity contribution is 6.30.